The lowest BCUT2D eigenvalue weighted by molar-refractivity contribution is -0.202. The smallest absolute Gasteiger partial charge is 0.412 e. The van der Waals surface area contributed by atoms with E-state index in [1.807, 2.05) is 0 Å². The highest BCUT2D eigenvalue weighted by Gasteiger charge is 2.36. The highest BCUT2D eigenvalue weighted by atomic mass is 35.5. The minimum atomic E-state index is -1.54. The molecule has 29 heavy (non-hydrogen) atoms. The van der Waals surface area contributed by atoms with Crippen LogP contribution in [0.2, 0.25) is 5.02 Å². The average Bonchev–Trinajstić information content (AvgIpc) is 2.66. The van der Waals surface area contributed by atoms with Gasteiger partial charge in [0.25, 0.3) is 12.2 Å². The summed E-state index contributed by atoms with van der Waals surface area (Å²) in [6.45, 7) is 6.85. The molecule has 0 aliphatic rings. The molecular weight excluding hydrogens is 402 g/mol. The molecule has 1 unspecified atom stereocenters. The predicted molar refractivity (Wildman–Crippen MR) is 107 cm³/mol. The quantitative estimate of drug-likeness (QED) is 0.351. The van der Waals surface area contributed by atoms with Gasteiger partial charge < -0.3 is 20.1 Å². The van der Waals surface area contributed by atoms with Crippen LogP contribution >= 0.6 is 11.6 Å². The number of benzene rings is 1. The monoisotopic (exact) mass is 429 g/mol. The summed E-state index contributed by atoms with van der Waals surface area (Å²) in [6, 6.07) is 6.13. The van der Waals surface area contributed by atoms with Crippen molar-refractivity contribution in [2.45, 2.75) is 39.6 Å². The number of ether oxygens (including phenoxy) is 2. The van der Waals surface area contributed by atoms with Crippen molar-refractivity contribution in [3.63, 3.8) is 0 Å². The van der Waals surface area contributed by atoms with Crippen molar-refractivity contribution in [1.82, 2.24) is 10.4 Å². The molecule has 1 aromatic rings. The topological polar surface area (TPSA) is 120 Å². The van der Waals surface area contributed by atoms with Crippen molar-refractivity contribution in [1.29, 1.82) is 0 Å². The molecule has 1 atom stereocenters. The van der Waals surface area contributed by atoms with Gasteiger partial charge in [-0.2, -0.15) is 0 Å². The maximum atomic E-state index is 12.5. The fourth-order valence-electron chi connectivity index (χ4n) is 1.89. The second-order valence-electron chi connectivity index (χ2n) is 7.16. The van der Waals surface area contributed by atoms with Gasteiger partial charge in [0.2, 0.25) is 0 Å². The maximum Gasteiger partial charge on any atom is 0.412 e. The van der Waals surface area contributed by atoms with Gasteiger partial charge in [-0.3, -0.25) is 9.63 Å². The summed E-state index contributed by atoms with van der Waals surface area (Å²) in [4.78, 5) is 43.2. The Morgan fingerprint density at radius 2 is 1.76 bits per heavy atom. The number of hydroxylamine groups is 1. The molecule has 1 aromatic carbocycles. The van der Waals surface area contributed by atoms with E-state index in [0.29, 0.717) is 17.1 Å². The molecule has 0 radical (unpaired) electrons. The van der Waals surface area contributed by atoms with E-state index >= 15 is 0 Å². The van der Waals surface area contributed by atoms with Gasteiger partial charge in [-0.15, -0.1) is 0 Å². The van der Waals surface area contributed by atoms with Gasteiger partial charge in [0, 0.05) is 36.6 Å². The molecule has 0 heterocycles. The molecule has 0 fully saturated rings. The number of esters is 1. The number of carbonyl (C=O) groups is 3. The molecule has 3 N–H and O–H groups in total. The Morgan fingerprint density at radius 1 is 1.17 bits per heavy atom. The Kier molecular flexibility index (Phi) is 9.35. The normalized spacial score (nSPS) is 12.3. The molecule has 0 saturated heterocycles. The third-order valence-electron chi connectivity index (χ3n) is 3.76. The summed E-state index contributed by atoms with van der Waals surface area (Å²) in [6.07, 6.45) is -1.80. The van der Waals surface area contributed by atoms with Crippen molar-refractivity contribution < 1.29 is 28.7 Å². The van der Waals surface area contributed by atoms with Gasteiger partial charge in [-0.1, -0.05) is 25.4 Å². The summed E-state index contributed by atoms with van der Waals surface area (Å²) in [5.74, 6) is -1.69. The Balaban J connectivity index is 2.68. The fraction of sp³-hybridized carbons (Fsp3) is 0.526. The maximum absolute atomic E-state index is 12.5. The first-order valence-electron chi connectivity index (χ1n) is 9.04. The summed E-state index contributed by atoms with van der Waals surface area (Å²) < 4.78 is 10.5. The van der Waals surface area contributed by atoms with Crippen LogP contribution < -0.4 is 11.2 Å². The fourth-order valence-corrected chi connectivity index (χ4v) is 2.02. The molecule has 10 heteroatoms. The van der Waals surface area contributed by atoms with Crippen LogP contribution in [0.3, 0.4) is 0 Å². The number of nitrogens with one attached hydrogen (secondary N) is 1. The first-order chi connectivity index (χ1) is 13.5. The van der Waals surface area contributed by atoms with E-state index in [9.17, 15) is 14.4 Å². The molecule has 0 spiro atoms. The van der Waals surface area contributed by atoms with Crippen molar-refractivity contribution in [2.75, 3.05) is 20.1 Å². The molecule has 0 bridgehead atoms. The van der Waals surface area contributed by atoms with Crippen LogP contribution in [0.25, 0.3) is 0 Å². The summed E-state index contributed by atoms with van der Waals surface area (Å²) in [7, 11) is 1.52. The van der Waals surface area contributed by atoms with E-state index < -0.39 is 29.9 Å². The lowest BCUT2D eigenvalue weighted by Gasteiger charge is -2.28. The molecular formula is C19H28ClN3O6. The minimum Gasteiger partial charge on any atom is -0.423 e. The van der Waals surface area contributed by atoms with Gasteiger partial charge in [0.1, 0.15) is 0 Å². The molecule has 0 aliphatic heterocycles. The SMILES string of the molecule is CC(C)C(OC(=O)N(C)CCN)OC(=O)C(C)(C)ONC(=O)c1ccc(Cl)cc1. The van der Waals surface area contributed by atoms with E-state index in [2.05, 4.69) is 5.48 Å². The van der Waals surface area contributed by atoms with E-state index in [1.165, 1.54) is 37.9 Å². The number of nitrogens with zero attached hydrogens (tertiary/aromatic N) is 1. The minimum absolute atomic E-state index is 0.270. The molecule has 0 aliphatic carbocycles. The second-order valence-corrected chi connectivity index (χ2v) is 7.60. The third-order valence-corrected chi connectivity index (χ3v) is 4.01. The van der Waals surface area contributed by atoms with Gasteiger partial charge in [0.05, 0.1) is 0 Å². The Hall–Kier alpha value is -2.36. The van der Waals surface area contributed by atoms with Crippen LogP contribution in [0.5, 0.6) is 0 Å². The van der Waals surface area contributed by atoms with Crippen LogP contribution in [-0.4, -0.2) is 54.9 Å². The number of amides is 2. The third kappa shape index (κ3) is 7.88. The summed E-state index contributed by atoms with van der Waals surface area (Å²) in [5, 5.41) is 0.484. The zero-order chi connectivity index (χ0) is 22.2. The number of hydrogen-bond donors (Lipinski definition) is 2. The number of likely N-dealkylation sites (N-methyl/N-ethyl adjacent to an activating group) is 1. The molecule has 2 amide bonds. The lowest BCUT2D eigenvalue weighted by atomic mass is 10.1. The standard InChI is InChI=1S/C19H28ClN3O6/c1-12(2)16(28-18(26)23(5)11-10-21)27-17(25)19(3,4)29-22-15(24)13-6-8-14(20)9-7-13/h6-9,12,16H,10-11,21H2,1-5H3,(H,22,24). The summed E-state index contributed by atoms with van der Waals surface area (Å²) >= 11 is 5.79. The van der Waals surface area contributed by atoms with Crippen molar-refractivity contribution in [3.05, 3.63) is 34.9 Å². The number of hydrogen-bond acceptors (Lipinski definition) is 7. The van der Waals surface area contributed by atoms with E-state index in [1.54, 1.807) is 26.0 Å². The van der Waals surface area contributed by atoms with Crippen LogP contribution in [-0.2, 0) is 19.1 Å². The number of halogens is 1. The highest BCUT2D eigenvalue weighted by molar-refractivity contribution is 6.30. The number of rotatable bonds is 9. The van der Waals surface area contributed by atoms with Gasteiger partial charge in [-0.25, -0.2) is 15.1 Å². The number of carbonyl (C=O) groups excluding carboxylic acids is 3. The van der Waals surface area contributed by atoms with Crippen LogP contribution in [0.1, 0.15) is 38.1 Å². The van der Waals surface area contributed by atoms with Crippen LogP contribution in [0, 0.1) is 5.92 Å². The molecule has 162 valence electrons. The van der Waals surface area contributed by atoms with Gasteiger partial charge in [-0.05, 0) is 38.1 Å². The molecule has 0 aromatic heterocycles. The van der Waals surface area contributed by atoms with E-state index in [4.69, 9.17) is 31.6 Å². The molecule has 9 nitrogen and oxygen atoms in total. The average molecular weight is 430 g/mol. The zero-order valence-electron chi connectivity index (χ0n) is 17.2. The Labute approximate surface area is 175 Å². The lowest BCUT2D eigenvalue weighted by Crippen LogP contribution is -2.46. The first-order valence-corrected chi connectivity index (χ1v) is 9.42. The predicted octanol–water partition coefficient (Wildman–Crippen LogP) is 2.33. The first kappa shape index (κ1) is 24.7. The molecule has 1 rings (SSSR count). The Bertz CT molecular complexity index is 708. The summed E-state index contributed by atoms with van der Waals surface area (Å²) in [5.41, 5.74) is 6.38. The van der Waals surface area contributed by atoms with Crippen LogP contribution in [0.4, 0.5) is 4.79 Å². The molecule has 0 saturated carbocycles. The van der Waals surface area contributed by atoms with Crippen molar-refractivity contribution in [2.24, 2.45) is 11.7 Å². The zero-order valence-corrected chi connectivity index (χ0v) is 18.0. The van der Waals surface area contributed by atoms with Gasteiger partial charge in [0.15, 0.2) is 5.60 Å². The van der Waals surface area contributed by atoms with Crippen molar-refractivity contribution in [3.8, 4) is 0 Å². The highest BCUT2D eigenvalue weighted by Crippen LogP contribution is 2.17. The Morgan fingerprint density at radius 3 is 2.28 bits per heavy atom. The van der Waals surface area contributed by atoms with Gasteiger partial charge >= 0.3 is 12.1 Å². The van der Waals surface area contributed by atoms with Crippen molar-refractivity contribution >= 4 is 29.6 Å². The number of nitrogens with two attached hydrogens (primary N) is 1. The van der Waals surface area contributed by atoms with Crippen LogP contribution in [0.15, 0.2) is 24.3 Å². The largest absolute Gasteiger partial charge is 0.423 e. The second kappa shape index (κ2) is 11.0. The van der Waals surface area contributed by atoms with E-state index in [-0.39, 0.29) is 12.5 Å². The van der Waals surface area contributed by atoms with E-state index in [0.717, 1.165) is 0 Å².